The summed E-state index contributed by atoms with van der Waals surface area (Å²) in [5.41, 5.74) is 6.00. The molecule has 2 rings (SSSR count). The normalized spacial score (nSPS) is 11.7. The number of H-pyrrole nitrogens is 1. The Balaban J connectivity index is 2.30. The molecule has 0 fully saturated rings. The lowest BCUT2D eigenvalue weighted by Gasteiger charge is -2.25. The highest BCUT2D eigenvalue weighted by Crippen LogP contribution is 2.15. The molecule has 0 aliphatic carbocycles. The average Bonchev–Trinajstić information content (AvgIpc) is 3.07. The molecule has 8 heteroatoms. The number of imide groups is 1. The molecule has 1 aromatic heterocycles. The number of aromatic nitrogens is 2. The van der Waals surface area contributed by atoms with Crippen molar-refractivity contribution in [2.24, 2.45) is 5.73 Å². The number of aromatic amines is 1. The van der Waals surface area contributed by atoms with E-state index in [0.29, 0.717) is 5.69 Å². The highest BCUT2D eigenvalue weighted by molar-refractivity contribution is 6.07. The predicted molar refractivity (Wildman–Crippen MR) is 80.1 cm³/mol. The number of carbonyl (C=O) groups is 2. The maximum atomic E-state index is 12.5. The molecule has 1 aromatic carbocycles. The van der Waals surface area contributed by atoms with Crippen molar-refractivity contribution >= 4 is 18.1 Å². The van der Waals surface area contributed by atoms with Gasteiger partial charge in [-0.25, -0.2) is 4.98 Å². The quantitative estimate of drug-likeness (QED) is 0.675. The number of hydrogen-bond donors (Lipinski definition) is 3. The fourth-order valence-electron chi connectivity index (χ4n) is 2.06. The van der Waals surface area contributed by atoms with Crippen LogP contribution in [0.25, 0.3) is 0 Å². The molecule has 2 amide bonds. The van der Waals surface area contributed by atoms with Crippen LogP contribution in [0.15, 0.2) is 36.8 Å². The zero-order chi connectivity index (χ0) is 16.8. The average molecular weight is 315 g/mol. The molecule has 1 radical (unpaired) electrons. The van der Waals surface area contributed by atoms with E-state index in [0.717, 1.165) is 4.90 Å². The molecule has 0 bridgehead atoms. The summed E-state index contributed by atoms with van der Waals surface area (Å²) in [6, 6.07) is 4.18. The first-order valence-electron chi connectivity index (χ1n) is 6.77. The van der Waals surface area contributed by atoms with Crippen LogP contribution in [0.2, 0.25) is 0 Å². The summed E-state index contributed by atoms with van der Waals surface area (Å²) < 4.78 is 0. The number of rotatable bonds is 6. The SMILES string of the molecule is NCC(=O)N(C(=O)c1ccc(O)cc1)[C@H]([C]=O)Cc1c[nH]cn1. The Bertz CT molecular complexity index is 682. The molecule has 4 N–H and O–H groups in total. The van der Waals surface area contributed by atoms with Crippen molar-refractivity contribution in [3.63, 3.8) is 0 Å². The van der Waals surface area contributed by atoms with E-state index in [-0.39, 0.29) is 17.7 Å². The molecule has 0 unspecified atom stereocenters. The number of imidazole rings is 1. The molecule has 1 atom stereocenters. The lowest BCUT2D eigenvalue weighted by atomic mass is 10.1. The number of nitrogens with two attached hydrogens (primary N) is 1. The highest BCUT2D eigenvalue weighted by Gasteiger charge is 2.30. The van der Waals surface area contributed by atoms with E-state index in [1.54, 1.807) is 12.5 Å². The Kier molecular flexibility index (Phi) is 5.21. The minimum atomic E-state index is -1.14. The first kappa shape index (κ1) is 16.4. The number of carbonyl (C=O) groups excluding carboxylic acids is 3. The number of phenols is 1. The van der Waals surface area contributed by atoms with Gasteiger partial charge in [0.25, 0.3) is 5.91 Å². The number of hydrogen-bond acceptors (Lipinski definition) is 6. The summed E-state index contributed by atoms with van der Waals surface area (Å²) in [4.78, 5) is 43.4. The molecule has 8 nitrogen and oxygen atoms in total. The van der Waals surface area contributed by atoms with Crippen molar-refractivity contribution in [2.75, 3.05) is 6.54 Å². The van der Waals surface area contributed by atoms with Crippen LogP contribution in [0.3, 0.4) is 0 Å². The van der Waals surface area contributed by atoms with Crippen LogP contribution in [0.5, 0.6) is 5.75 Å². The predicted octanol–water partition coefficient (Wildman–Crippen LogP) is -0.236. The first-order chi connectivity index (χ1) is 11.1. The van der Waals surface area contributed by atoms with Crippen molar-refractivity contribution < 1.29 is 19.5 Å². The molecule has 1 heterocycles. The van der Waals surface area contributed by atoms with Crippen molar-refractivity contribution in [3.05, 3.63) is 48.0 Å². The number of phenolic OH excluding ortho intramolecular Hbond substituents is 1. The van der Waals surface area contributed by atoms with E-state index in [1.807, 2.05) is 0 Å². The molecule has 0 saturated carbocycles. The van der Waals surface area contributed by atoms with Gasteiger partial charge >= 0.3 is 0 Å². The Morgan fingerprint density at radius 1 is 1.35 bits per heavy atom. The molecule has 23 heavy (non-hydrogen) atoms. The van der Waals surface area contributed by atoms with Gasteiger partial charge in [0.2, 0.25) is 12.2 Å². The third-order valence-corrected chi connectivity index (χ3v) is 3.18. The summed E-state index contributed by atoms with van der Waals surface area (Å²) in [5, 5.41) is 9.27. The second kappa shape index (κ2) is 7.32. The van der Waals surface area contributed by atoms with E-state index in [4.69, 9.17) is 5.73 Å². The monoisotopic (exact) mass is 315 g/mol. The van der Waals surface area contributed by atoms with E-state index in [9.17, 15) is 19.5 Å². The smallest absolute Gasteiger partial charge is 0.261 e. The summed E-state index contributed by atoms with van der Waals surface area (Å²) in [6.07, 6.45) is 4.70. The highest BCUT2D eigenvalue weighted by atomic mass is 16.3. The fourth-order valence-corrected chi connectivity index (χ4v) is 2.06. The number of aromatic hydroxyl groups is 1. The molecule has 0 aliphatic rings. The largest absolute Gasteiger partial charge is 0.508 e. The second-order valence-electron chi connectivity index (χ2n) is 4.72. The third kappa shape index (κ3) is 3.80. The van der Waals surface area contributed by atoms with Crippen LogP contribution in [0.1, 0.15) is 16.1 Å². The lowest BCUT2D eigenvalue weighted by molar-refractivity contribution is -0.128. The molecule has 0 spiro atoms. The van der Waals surface area contributed by atoms with Gasteiger partial charge in [-0.15, -0.1) is 0 Å². The molecule has 0 aliphatic heterocycles. The summed E-state index contributed by atoms with van der Waals surface area (Å²) >= 11 is 0. The van der Waals surface area contributed by atoms with Gasteiger partial charge in [0.15, 0.2) is 0 Å². The number of nitrogens with one attached hydrogen (secondary N) is 1. The van der Waals surface area contributed by atoms with Gasteiger partial charge in [0.05, 0.1) is 18.6 Å². The molecule has 2 aromatic rings. The van der Waals surface area contributed by atoms with Gasteiger partial charge in [0.1, 0.15) is 11.8 Å². The van der Waals surface area contributed by atoms with Gasteiger partial charge < -0.3 is 15.8 Å². The van der Waals surface area contributed by atoms with E-state index >= 15 is 0 Å². The van der Waals surface area contributed by atoms with Gasteiger partial charge in [-0.2, -0.15) is 0 Å². The number of amides is 2. The summed E-state index contributed by atoms with van der Waals surface area (Å²) in [6.45, 7) is -0.428. The van der Waals surface area contributed by atoms with Gasteiger partial charge in [-0.05, 0) is 24.3 Å². The molecular formula is C15H15N4O4. The van der Waals surface area contributed by atoms with Crippen molar-refractivity contribution in [3.8, 4) is 5.75 Å². The topological polar surface area (TPSA) is 129 Å². The van der Waals surface area contributed by atoms with Gasteiger partial charge in [-0.3, -0.25) is 19.3 Å². The van der Waals surface area contributed by atoms with E-state index in [2.05, 4.69) is 9.97 Å². The summed E-state index contributed by atoms with van der Waals surface area (Å²) in [7, 11) is 0. The van der Waals surface area contributed by atoms with Crippen LogP contribution in [0, 0.1) is 0 Å². The van der Waals surface area contributed by atoms with E-state index in [1.165, 1.54) is 30.6 Å². The molecular weight excluding hydrogens is 300 g/mol. The minimum Gasteiger partial charge on any atom is -0.508 e. The van der Waals surface area contributed by atoms with E-state index < -0.39 is 24.4 Å². The number of benzene rings is 1. The van der Waals surface area contributed by atoms with Crippen molar-refractivity contribution in [2.45, 2.75) is 12.5 Å². The number of nitrogens with zero attached hydrogens (tertiary/aromatic N) is 2. The van der Waals surface area contributed by atoms with Gasteiger partial charge in [-0.1, -0.05) is 0 Å². The summed E-state index contributed by atoms with van der Waals surface area (Å²) in [5.74, 6) is -1.41. The van der Waals surface area contributed by atoms with Crippen molar-refractivity contribution in [1.82, 2.24) is 14.9 Å². The fraction of sp³-hybridized carbons (Fsp3) is 0.200. The van der Waals surface area contributed by atoms with Crippen LogP contribution < -0.4 is 5.73 Å². The maximum Gasteiger partial charge on any atom is 0.261 e. The Hall–Kier alpha value is -3.00. The zero-order valence-electron chi connectivity index (χ0n) is 12.1. The Morgan fingerprint density at radius 2 is 2.04 bits per heavy atom. The standard InChI is InChI=1S/C15H15N4O4/c16-6-14(22)19(12(8-20)5-11-7-17-9-18-11)15(23)10-1-3-13(21)4-2-10/h1-4,7,9,12,21H,5-6,16H2,(H,17,18)/t12-/m0/s1. The lowest BCUT2D eigenvalue weighted by Crippen LogP contribution is -2.49. The van der Waals surface area contributed by atoms with Crippen LogP contribution in [-0.4, -0.2) is 50.7 Å². The van der Waals surface area contributed by atoms with Crippen molar-refractivity contribution in [1.29, 1.82) is 0 Å². The first-order valence-corrected chi connectivity index (χ1v) is 6.77. The van der Waals surface area contributed by atoms with Crippen LogP contribution in [-0.2, 0) is 16.0 Å². The van der Waals surface area contributed by atoms with Crippen LogP contribution in [0.4, 0.5) is 0 Å². The molecule has 119 valence electrons. The van der Waals surface area contributed by atoms with Gasteiger partial charge in [0, 0.05) is 18.2 Å². The molecule has 0 saturated heterocycles. The Morgan fingerprint density at radius 3 is 2.57 bits per heavy atom. The van der Waals surface area contributed by atoms with Crippen LogP contribution >= 0.6 is 0 Å². The zero-order valence-corrected chi connectivity index (χ0v) is 12.1. The third-order valence-electron chi connectivity index (χ3n) is 3.18. The minimum absolute atomic E-state index is 0.0201. The Labute approximate surface area is 131 Å². The maximum absolute atomic E-state index is 12.5. The second-order valence-corrected chi connectivity index (χ2v) is 4.72.